The maximum atomic E-state index is 6.35. The van der Waals surface area contributed by atoms with E-state index in [0.717, 1.165) is 45.3 Å². The lowest BCUT2D eigenvalue weighted by Gasteiger charge is -2.20. The molecule has 1 aliphatic carbocycles. The Hall–Kier alpha value is -6.39. The molecule has 4 heteroatoms. The molecule has 4 nitrogen and oxygen atoms in total. The van der Waals surface area contributed by atoms with Crippen LogP contribution in [0, 0.1) is 5.92 Å². The fourth-order valence-electron chi connectivity index (χ4n) is 8.32. The van der Waals surface area contributed by atoms with Crippen molar-refractivity contribution in [3.8, 4) is 5.69 Å². The van der Waals surface area contributed by atoms with Crippen molar-refractivity contribution in [2.75, 3.05) is 0 Å². The molecule has 244 valence electrons. The molecule has 9 aromatic rings. The van der Waals surface area contributed by atoms with Gasteiger partial charge in [0.1, 0.15) is 11.2 Å². The van der Waals surface area contributed by atoms with E-state index in [1.807, 2.05) is 19.1 Å². The first-order chi connectivity index (χ1) is 25.2. The van der Waals surface area contributed by atoms with Crippen LogP contribution in [-0.4, -0.2) is 15.3 Å². The highest BCUT2D eigenvalue weighted by molar-refractivity contribution is 6.12. The van der Waals surface area contributed by atoms with Crippen LogP contribution < -0.4 is 0 Å². The van der Waals surface area contributed by atoms with Crippen LogP contribution >= 0.6 is 0 Å². The number of nitrogens with zero attached hydrogens (tertiary/aromatic N) is 3. The van der Waals surface area contributed by atoms with E-state index in [1.165, 1.54) is 43.6 Å². The van der Waals surface area contributed by atoms with Gasteiger partial charge in [0.25, 0.3) is 0 Å². The van der Waals surface area contributed by atoms with Crippen molar-refractivity contribution in [1.29, 1.82) is 0 Å². The number of rotatable bonds is 4. The highest BCUT2D eigenvalue weighted by atomic mass is 16.3. The molecule has 1 fully saturated rings. The molecule has 1 saturated carbocycles. The van der Waals surface area contributed by atoms with Crippen LogP contribution in [0.1, 0.15) is 18.9 Å². The number of aliphatic imine (C=N–C) groups is 1. The number of allylic oxidation sites excluding steroid dienone is 4. The molecular formula is C47H35N3O. The second-order valence-electron chi connectivity index (χ2n) is 13.6. The minimum absolute atomic E-state index is 0.115. The Morgan fingerprint density at radius 3 is 1.78 bits per heavy atom. The smallest absolute Gasteiger partial charge is 0.135 e. The average molecular weight is 658 g/mol. The Labute approximate surface area is 295 Å². The van der Waals surface area contributed by atoms with Gasteiger partial charge < -0.3 is 13.6 Å². The molecule has 2 aliphatic rings. The average Bonchev–Trinajstić information content (AvgIpc) is 3.46. The maximum Gasteiger partial charge on any atom is 0.135 e. The van der Waals surface area contributed by atoms with Crippen LogP contribution in [0.3, 0.4) is 0 Å². The van der Waals surface area contributed by atoms with Gasteiger partial charge in [-0.3, -0.25) is 4.99 Å². The number of para-hydroxylation sites is 4. The molecule has 1 aliphatic heterocycles. The molecule has 0 radical (unpaired) electrons. The van der Waals surface area contributed by atoms with Gasteiger partial charge in [-0.2, -0.15) is 0 Å². The molecule has 0 spiro atoms. The third-order valence-electron chi connectivity index (χ3n) is 10.7. The number of hydrogen-bond acceptors (Lipinski definition) is 2. The number of fused-ring (bicyclic) bond motifs is 10. The largest absolute Gasteiger partial charge is 0.456 e. The summed E-state index contributed by atoms with van der Waals surface area (Å²) in [5.41, 5.74) is 9.92. The van der Waals surface area contributed by atoms with Crippen LogP contribution in [0.5, 0.6) is 0 Å². The lowest BCUT2D eigenvalue weighted by atomic mass is 10.0. The maximum absolute atomic E-state index is 6.35. The molecule has 11 rings (SSSR count). The van der Waals surface area contributed by atoms with Gasteiger partial charge in [0.05, 0.1) is 22.3 Å². The topological polar surface area (TPSA) is 35.4 Å². The highest BCUT2D eigenvalue weighted by Gasteiger charge is 2.56. The Morgan fingerprint density at radius 1 is 0.667 bits per heavy atom. The third kappa shape index (κ3) is 4.43. The molecule has 51 heavy (non-hydrogen) atoms. The zero-order valence-electron chi connectivity index (χ0n) is 28.3. The van der Waals surface area contributed by atoms with Gasteiger partial charge in [-0.05, 0) is 74.0 Å². The van der Waals surface area contributed by atoms with Gasteiger partial charge >= 0.3 is 0 Å². The zero-order valence-corrected chi connectivity index (χ0v) is 28.3. The van der Waals surface area contributed by atoms with E-state index in [9.17, 15) is 0 Å². The number of aromatic nitrogens is 2. The summed E-state index contributed by atoms with van der Waals surface area (Å²) in [5, 5.41) is 7.36. The summed E-state index contributed by atoms with van der Waals surface area (Å²) in [6, 6.07) is 47.9. The predicted octanol–water partition coefficient (Wildman–Crippen LogP) is 12.4. The predicted molar refractivity (Wildman–Crippen MR) is 215 cm³/mol. The van der Waals surface area contributed by atoms with E-state index in [4.69, 9.17) is 9.41 Å². The minimum Gasteiger partial charge on any atom is -0.456 e. The summed E-state index contributed by atoms with van der Waals surface area (Å²) in [6.45, 7) is 5.42. The number of furan rings is 1. The first-order valence-corrected chi connectivity index (χ1v) is 17.6. The van der Waals surface area contributed by atoms with Gasteiger partial charge in [-0.25, -0.2) is 0 Å². The van der Waals surface area contributed by atoms with Gasteiger partial charge in [-0.15, -0.1) is 0 Å². The third-order valence-corrected chi connectivity index (χ3v) is 10.7. The number of hydrogen-bond donors (Lipinski definition) is 0. The highest BCUT2D eigenvalue weighted by Crippen LogP contribution is 2.56. The molecule has 4 heterocycles. The molecular weight excluding hydrogens is 623 g/mol. The Kier molecular flexibility index (Phi) is 6.56. The van der Waals surface area contributed by atoms with E-state index in [2.05, 4.69) is 161 Å². The summed E-state index contributed by atoms with van der Waals surface area (Å²) < 4.78 is 11.2. The minimum atomic E-state index is -0.115. The Morgan fingerprint density at radius 2 is 1.22 bits per heavy atom. The van der Waals surface area contributed by atoms with E-state index in [0.29, 0.717) is 5.92 Å². The van der Waals surface area contributed by atoms with Crippen LogP contribution in [0.15, 0.2) is 174 Å². The van der Waals surface area contributed by atoms with Crippen LogP contribution in [-0.2, 0) is 5.54 Å². The normalized spacial score (nSPS) is 18.1. The van der Waals surface area contributed by atoms with Crippen LogP contribution in [0.2, 0.25) is 0 Å². The lowest BCUT2D eigenvalue weighted by Crippen LogP contribution is -2.22. The van der Waals surface area contributed by atoms with Crippen molar-refractivity contribution >= 4 is 77.5 Å². The Bertz CT molecular complexity index is 2840. The summed E-state index contributed by atoms with van der Waals surface area (Å²) in [7, 11) is 0. The fraction of sp³-hybridized carbons (Fsp3) is 0.0851. The second-order valence-corrected chi connectivity index (χ2v) is 13.6. The molecule has 0 bridgehead atoms. The SMILES string of the molecule is C1=NC(c2ccc3oc4ccc(-n5c6ccccc6c6ccccc65)cc4c3c2)=CC2CC12n1c2ccccc2c2ccccc21.C=C/C=C\C. The zero-order chi connectivity index (χ0) is 34.1. The van der Waals surface area contributed by atoms with E-state index < -0.39 is 0 Å². The quantitative estimate of drug-likeness (QED) is 0.174. The Balaban J connectivity index is 0.000000616. The standard InChI is InChI=1S/C42H27N3O.C5H8/c1-5-13-36-29(9-1)30-10-2-6-14-37(30)44(36)28-18-20-41-34(23-28)33-21-26(17-19-40(33)46-41)35-22-27-24-42(27,25-43-35)45-38-15-7-3-11-31(38)32-12-4-8-16-39(32)45;1-3-5-4-2/h1-23,25,27H,24H2;3-5H,1H2,2H3/b;5-4-. The molecule has 3 aromatic heterocycles. The van der Waals surface area contributed by atoms with Crippen molar-refractivity contribution in [2.45, 2.75) is 18.9 Å². The van der Waals surface area contributed by atoms with Crippen molar-refractivity contribution in [2.24, 2.45) is 10.9 Å². The molecule has 2 unspecified atom stereocenters. The first-order valence-electron chi connectivity index (χ1n) is 17.6. The van der Waals surface area contributed by atoms with Crippen molar-refractivity contribution in [3.63, 3.8) is 0 Å². The van der Waals surface area contributed by atoms with Gasteiger partial charge in [0, 0.05) is 66.7 Å². The molecule has 2 atom stereocenters. The monoisotopic (exact) mass is 657 g/mol. The molecule has 0 saturated heterocycles. The fourth-order valence-corrected chi connectivity index (χ4v) is 8.32. The molecule has 0 N–H and O–H groups in total. The summed E-state index contributed by atoms with van der Waals surface area (Å²) >= 11 is 0. The van der Waals surface area contributed by atoms with Gasteiger partial charge in [-0.1, -0.05) is 104 Å². The van der Waals surface area contributed by atoms with Crippen LogP contribution in [0.4, 0.5) is 0 Å². The molecule has 6 aromatic carbocycles. The van der Waals surface area contributed by atoms with Crippen molar-refractivity contribution in [3.05, 3.63) is 170 Å². The van der Waals surface area contributed by atoms with Crippen molar-refractivity contribution < 1.29 is 4.42 Å². The van der Waals surface area contributed by atoms with E-state index in [1.54, 1.807) is 6.08 Å². The summed E-state index contributed by atoms with van der Waals surface area (Å²) in [6.07, 6.45) is 11.2. The van der Waals surface area contributed by atoms with E-state index in [-0.39, 0.29) is 5.54 Å². The van der Waals surface area contributed by atoms with Gasteiger partial charge in [0.15, 0.2) is 0 Å². The molecule has 0 amide bonds. The van der Waals surface area contributed by atoms with Crippen molar-refractivity contribution in [1.82, 2.24) is 9.13 Å². The summed E-state index contributed by atoms with van der Waals surface area (Å²) in [4.78, 5) is 5.14. The lowest BCUT2D eigenvalue weighted by molar-refractivity contribution is 0.654. The summed E-state index contributed by atoms with van der Waals surface area (Å²) in [5.74, 6) is 0.401. The number of benzene rings is 6. The van der Waals surface area contributed by atoms with Crippen LogP contribution in [0.25, 0.3) is 76.9 Å². The first kappa shape index (κ1) is 29.5. The van der Waals surface area contributed by atoms with E-state index >= 15 is 0 Å². The second kappa shape index (κ2) is 11.3. The van der Waals surface area contributed by atoms with Gasteiger partial charge in [0.2, 0.25) is 0 Å².